The number of ether oxygens (including phenoxy) is 2. The SMILES string of the molecule is COc1ccc(CNC(=O)C2C3C(=O)N(c4cccc(C(C)=O)c4)C(C(=O)NCc4ccccc4)C34C=CC2(C)O4)cc1. The number of ketones is 1. The molecule has 2 bridgehead atoms. The Bertz CT molecular complexity index is 1620. The first-order chi connectivity index (χ1) is 20.7. The highest BCUT2D eigenvalue weighted by Gasteiger charge is 2.76. The molecule has 3 heterocycles. The summed E-state index contributed by atoms with van der Waals surface area (Å²) >= 11 is 0. The summed E-state index contributed by atoms with van der Waals surface area (Å²) in [5.74, 6) is -2.46. The van der Waals surface area contributed by atoms with Crippen LogP contribution in [0.2, 0.25) is 0 Å². The van der Waals surface area contributed by atoms with Crippen molar-refractivity contribution in [3.63, 3.8) is 0 Å². The van der Waals surface area contributed by atoms with Crippen LogP contribution in [-0.4, -0.2) is 47.9 Å². The van der Waals surface area contributed by atoms with Gasteiger partial charge in [0.15, 0.2) is 5.78 Å². The highest BCUT2D eigenvalue weighted by molar-refractivity contribution is 6.11. The van der Waals surface area contributed by atoms with E-state index in [0.717, 1.165) is 11.1 Å². The smallest absolute Gasteiger partial charge is 0.246 e. The van der Waals surface area contributed by atoms with E-state index in [-0.39, 0.29) is 24.8 Å². The molecule has 2 N–H and O–H groups in total. The fourth-order valence-corrected chi connectivity index (χ4v) is 6.61. The maximum absolute atomic E-state index is 14.4. The van der Waals surface area contributed by atoms with Gasteiger partial charge in [-0.3, -0.25) is 24.1 Å². The predicted octanol–water partition coefficient (Wildman–Crippen LogP) is 3.58. The maximum atomic E-state index is 14.4. The quantitative estimate of drug-likeness (QED) is 0.296. The summed E-state index contributed by atoms with van der Waals surface area (Å²) < 4.78 is 11.8. The van der Waals surface area contributed by atoms with Gasteiger partial charge >= 0.3 is 0 Å². The Kier molecular flexibility index (Phi) is 7.14. The number of nitrogens with zero attached hydrogens (tertiary/aromatic N) is 1. The Morgan fingerprint density at radius 2 is 1.56 bits per heavy atom. The molecule has 1 spiro atoms. The Morgan fingerprint density at radius 3 is 2.23 bits per heavy atom. The van der Waals surface area contributed by atoms with Crippen molar-refractivity contribution >= 4 is 29.2 Å². The van der Waals surface area contributed by atoms with Gasteiger partial charge in [0.1, 0.15) is 17.4 Å². The van der Waals surface area contributed by atoms with Crippen molar-refractivity contribution in [3.8, 4) is 5.75 Å². The van der Waals surface area contributed by atoms with Crippen molar-refractivity contribution < 1.29 is 28.7 Å². The lowest BCUT2D eigenvalue weighted by atomic mass is 9.70. The monoisotopic (exact) mass is 579 g/mol. The van der Waals surface area contributed by atoms with Crippen LogP contribution in [0.5, 0.6) is 5.75 Å². The van der Waals surface area contributed by atoms with Crippen molar-refractivity contribution in [1.82, 2.24) is 10.6 Å². The van der Waals surface area contributed by atoms with Gasteiger partial charge < -0.3 is 20.1 Å². The van der Waals surface area contributed by atoms with Gasteiger partial charge in [0.25, 0.3) is 0 Å². The summed E-state index contributed by atoms with van der Waals surface area (Å²) in [5, 5.41) is 5.96. The first-order valence-electron chi connectivity index (χ1n) is 14.2. The van der Waals surface area contributed by atoms with Crippen LogP contribution >= 0.6 is 0 Å². The minimum atomic E-state index is -1.37. The third kappa shape index (κ3) is 4.79. The summed E-state index contributed by atoms with van der Waals surface area (Å²) in [7, 11) is 1.59. The second-order valence-electron chi connectivity index (χ2n) is 11.4. The van der Waals surface area contributed by atoms with Crippen molar-refractivity contribution in [2.45, 2.75) is 44.2 Å². The minimum absolute atomic E-state index is 0.169. The van der Waals surface area contributed by atoms with Crippen molar-refractivity contribution in [1.29, 1.82) is 0 Å². The van der Waals surface area contributed by atoms with Crippen molar-refractivity contribution in [3.05, 3.63) is 108 Å². The van der Waals surface area contributed by atoms with Crippen LogP contribution < -0.4 is 20.3 Å². The van der Waals surface area contributed by atoms with E-state index in [4.69, 9.17) is 9.47 Å². The molecule has 6 rings (SSSR count). The number of amides is 3. The minimum Gasteiger partial charge on any atom is -0.497 e. The van der Waals surface area contributed by atoms with Gasteiger partial charge in [-0.2, -0.15) is 0 Å². The average Bonchev–Trinajstić information content (AvgIpc) is 3.60. The van der Waals surface area contributed by atoms with Crippen LogP contribution in [0.1, 0.15) is 35.3 Å². The number of nitrogens with one attached hydrogen (secondary N) is 2. The number of hydrogen-bond donors (Lipinski definition) is 2. The van der Waals surface area contributed by atoms with E-state index >= 15 is 0 Å². The fraction of sp³-hybridized carbons (Fsp3) is 0.294. The van der Waals surface area contributed by atoms with E-state index in [1.165, 1.54) is 11.8 Å². The lowest BCUT2D eigenvalue weighted by Crippen LogP contribution is -2.55. The summed E-state index contributed by atoms with van der Waals surface area (Å²) in [6.07, 6.45) is 3.56. The van der Waals surface area contributed by atoms with E-state index in [0.29, 0.717) is 17.0 Å². The molecule has 0 aliphatic carbocycles. The van der Waals surface area contributed by atoms with Crippen LogP contribution in [0, 0.1) is 11.8 Å². The number of fused-ring (bicyclic) bond motifs is 1. The van der Waals surface area contributed by atoms with Crippen LogP contribution in [0.25, 0.3) is 0 Å². The van der Waals surface area contributed by atoms with Gasteiger partial charge in [0.2, 0.25) is 17.7 Å². The van der Waals surface area contributed by atoms with E-state index in [2.05, 4.69) is 10.6 Å². The molecule has 3 aromatic carbocycles. The van der Waals surface area contributed by atoms with Gasteiger partial charge in [-0.25, -0.2) is 0 Å². The molecule has 2 saturated heterocycles. The molecule has 9 nitrogen and oxygen atoms in total. The first kappa shape index (κ1) is 28.4. The van der Waals surface area contributed by atoms with Crippen molar-refractivity contribution in [2.75, 3.05) is 12.0 Å². The molecule has 3 aliphatic heterocycles. The summed E-state index contributed by atoms with van der Waals surface area (Å²) in [6, 6.07) is 22.3. The second kappa shape index (κ2) is 10.8. The standard InChI is InChI=1S/C34H33N3O6/c1-21(38)24-10-7-11-25(18-24)37-29(31(40)36-19-22-8-5-4-6-9-22)34-17-16-33(2,43-34)27(28(34)32(37)41)30(39)35-20-23-12-14-26(42-3)15-13-23/h4-18,27-29H,19-20H2,1-3H3,(H,35,39)(H,36,40). The number of Topliss-reactive ketones (excluding diaryl/α,β-unsaturated/α-hetero) is 1. The van der Waals surface area contributed by atoms with Gasteiger partial charge in [-0.05, 0) is 49.2 Å². The molecular formula is C34H33N3O6. The molecule has 3 aromatic rings. The molecule has 5 atom stereocenters. The Hall–Kier alpha value is -4.76. The average molecular weight is 580 g/mol. The number of carbonyl (C=O) groups is 4. The Morgan fingerprint density at radius 1 is 0.884 bits per heavy atom. The van der Waals surface area contributed by atoms with E-state index in [1.807, 2.05) is 54.6 Å². The molecule has 43 heavy (non-hydrogen) atoms. The van der Waals surface area contributed by atoms with E-state index < -0.39 is 40.9 Å². The largest absolute Gasteiger partial charge is 0.497 e. The van der Waals surface area contributed by atoms with Crippen LogP contribution in [0.4, 0.5) is 5.69 Å². The summed E-state index contributed by atoms with van der Waals surface area (Å²) in [5.41, 5.74) is 0.104. The Balaban J connectivity index is 1.34. The molecule has 0 aromatic heterocycles. The van der Waals surface area contributed by atoms with Gasteiger partial charge in [0, 0.05) is 24.3 Å². The summed E-state index contributed by atoms with van der Waals surface area (Å²) in [4.78, 5) is 55.9. The molecule has 220 valence electrons. The third-order valence-electron chi connectivity index (χ3n) is 8.69. The normalized spacial score (nSPS) is 26.7. The third-order valence-corrected chi connectivity index (χ3v) is 8.69. The molecule has 3 amide bonds. The number of anilines is 1. The van der Waals surface area contributed by atoms with E-state index in [1.54, 1.807) is 50.5 Å². The molecule has 3 aliphatic rings. The number of hydrogen-bond acceptors (Lipinski definition) is 6. The first-order valence-corrected chi connectivity index (χ1v) is 14.2. The lowest BCUT2D eigenvalue weighted by Gasteiger charge is -2.33. The molecule has 9 heteroatoms. The predicted molar refractivity (Wildman–Crippen MR) is 159 cm³/mol. The number of benzene rings is 3. The highest BCUT2D eigenvalue weighted by atomic mass is 16.5. The number of carbonyl (C=O) groups excluding carboxylic acids is 4. The number of methoxy groups -OCH3 is 1. The van der Waals surface area contributed by atoms with Crippen LogP contribution in [0.15, 0.2) is 91.0 Å². The molecule has 0 radical (unpaired) electrons. The Labute approximate surface area is 249 Å². The topological polar surface area (TPSA) is 114 Å². The fourth-order valence-electron chi connectivity index (χ4n) is 6.61. The maximum Gasteiger partial charge on any atom is 0.246 e. The van der Waals surface area contributed by atoms with Crippen LogP contribution in [-0.2, 0) is 32.2 Å². The van der Waals surface area contributed by atoms with Crippen LogP contribution in [0.3, 0.4) is 0 Å². The molecule has 0 saturated carbocycles. The van der Waals surface area contributed by atoms with E-state index in [9.17, 15) is 19.2 Å². The number of rotatable bonds is 9. The van der Waals surface area contributed by atoms with Gasteiger partial charge in [-0.1, -0.05) is 66.7 Å². The van der Waals surface area contributed by atoms with Gasteiger partial charge in [0.05, 0.1) is 24.5 Å². The summed E-state index contributed by atoms with van der Waals surface area (Å²) in [6.45, 7) is 3.72. The lowest BCUT2D eigenvalue weighted by molar-refractivity contribution is -0.134. The van der Waals surface area contributed by atoms with Gasteiger partial charge in [-0.15, -0.1) is 0 Å². The van der Waals surface area contributed by atoms with Crippen molar-refractivity contribution in [2.24, 2.45) is 11.8 Å². The molecule has 5 unspecified atom stereocenters. The molecular weight excluding hydrogens is 546 g/mol. The zero-order valence-corrected chi connectivity index (χ0v) is 24.2. The highest BCUT2D eigenvalue weighted by Crippen LogP contribution is 2.60. The second-order valence-corrected chi connectivity index (χ2v) is 11.4. The zero-order valence-electron chi connectivity index (χ0n) is 24.2. The molecule has 2 fully saturated rings. The zero-order chi connectivity index (χ0) is 30.4.